The van der Waals surface area contributed by atoms with Crippen molar-refractivity contribution in [2.75, 3.05) is 26.8 Å². The van der Waals surface area contributed by atoms with Gasteiger partial charge in [0.1, 0.15) is 5.75 Å². The molecule has 3 nitrogen and oxygen atoms in total. The predicted molar refractivity (Wildman–Crippen MR) is 75.1 cm³/mol. The Balaban J connectivity index is 2.12. The van der Waals surface area contributed by atoms with E-state index in [9.17, 15) is 0 Å². The first-order chi connectivity index (χ1) is 8.35. The number of methoxy groups -OCH3 is 1. The summed E-state index contributed by atoms with van der Waals surface area (Å²) in [6.45, 7) is 3.44. The van der Waals surface area contributed by atoms with Crippen LogP contribution in [0.3, 0.4) is 0 Å². The monoisotopic (exact) mass is 287 g/mol. The Morgan fingerprint density at radius 2 is 2.35 bits per heavy atom. The van der Waals surface area contributed by atoms with Crippen LogP contribution in [0, 0.1) is 0 Å². The zero-order valence-corrected chi connectivity index (χ0v) is 12.1. The van der Waals surface area contributed by atoms with Crippen molar-refractivity contribution in [1.29, 1.82) is 0 Å². The number of hydrogen-bond donors (Lipinski definition) is 0. The largest absolute Gasteiger partial charge is 0.496 e. The van der Waals surface area contributed by atoms with Gasteiger partial charge in [0.15, 0.2) is 0 Å². The van der Waals surface area contributed by atoms with Crippen molar-refractivity contribution >= 4 is 29.9 Å². The number of hydrogen-bond acceptors (Lipinski definition) is 5. The number of benzene rings is 1. The Hall–Kier alpha value is -0.190. The second-order valence-corrected chi connectivity index (χ2v) is 6.75. The summed E-state index contributed by atoms with van der Waals surface area (Å²) in [4.78, 5) is 0. The minimum atomic E-state index is 0.0733. The standard InChI is InChI=1S/C11H14NO2PS2/c1-13-10-5-3-2-4-9(10)11-8-12(17-15-16)6-7-14-11/h2-5,11H,6-8H2,1H3. The van der Waals surface area contributed by atoms with Crippen molar-refractivity contribution in [1.82, 2.24) is 4.31 Å². The summed E-state index contributed by atoms with van der Waals surface area (Å²) in [6.07, 6.45) is 0.0733. The smallest absolute Gasteiger partial charge is 0.124 e. The molecular weight excluding hydrogens is 273 g/mol. The van der Waals surface area contributed by atoms with Gasteiger partial charge < -0.3 is 9.47 Å². The van der Waals surface area contributed by atoms with E-state index in [4.69, 9.17) is 21.3 Å². The maximum atomic E-state index is 5.81. The molecule has 1 atom stereocenters. The predicted octanol–water partition coefficient (Wildman–Crippen LogP) is 3.04. The Kier molecular flexibility index (Phi) is 5.19. The van der Waals surface area contributed by atoms with Crippen molar-refractivity contribution < 1.29 is 9.47 Å². The van der Waals surface area contributed by atoms with E-state index in [2.05, 4.69) is 10.4 Å². The molecule has 0 aliphatic carbocycles. The van der Waals surface area contributed by atoms with Crippen LogP contribution in [0.1, 0.15) is 11.7 Å². The summed E-state index contributed by atoms with van der Waals surface area (Å²) in [5.41, 5.74) is 1.11. The highest BCUT2D eigenvalue weighted by Gasteiger charge is 2.24. The fraction of sp³-hybridized carbons (Fsp3) is 0.455. The summed E-state index contributed by atoms with van der Waals surface area (Å²) in [7, 11) is 1.69. The van der Waals surface area contributed by atoms with Crippen LogP contribution < -0.4 is 4.74 Å². The molecule has 0 radical (unpaired) electrons. The van der Waals surface area contributed by atoms with E-state index in [1.807, 2.05) is 18.2 Å². The SMILES string of the molecule is COc1ccccc1C1CN(SP=S)CCO1. The van der Waals surface area contributed by atoms with Gasteiger partial charge in [-0.15, -0.1) is 0 Å². The molecule has 1 aliphatic heterocycles. The van der Waals surface area contributed by atoms with Gasteiger partial charge in [-0.05, 0) is 29.4 Å². The van der Waals surface area contributed by atoms with Gasteiger partial charge in [0.05, 0.1) is 26.4 Å². The summed E-state index contributed by atoms with van der Waals surface area (Å²) >= 11 is 6.63. The highest BCUT2D eigenvalue weighted by molar-refractivity contribution is 8.56. The molecule has 0 N–H and O–H groups in total. The van der Waals surface area contributed by atoms with E-state index in [1.165, 1.54) is 0 Å². The first kappa shape index (κ1) is 13.2. The first-order valence-corrected chi connectivity index (χ1v) is 8.63. The minimum absolute atomic E-state index is 0.0733. The summed E-state index contributed by atoms with van der Waals surface area (Å²) in [5, 5.41) is 0. The highest BCUT2D eigenvalue weighted by atomic mass is 32.9. The normalized spacial score (nSPS) is 21.6. The number of morpholine rings is 1. The van der Waals surface area contributed by atoms with Gasteiger partial charge in [-0.3, -0.25) is 0 Å². The molecule has 92 valence electrons. The lowest BCUT2D eigenvalue weighted by atomic mass is 10.1. The van der Waals surface area contributed by atoms with Crippen LogP contribution in [0.5, 0.6) is 5.75 Å². The molecule has 17 heavy (non-hydrogen) atoms. The molecule has 0 aromatic heterocycles. The average molecular weight is 287 g/mol. The van der Waals surface area contributed by atoms with Crippen LogP contribution in [0.2, 0.25) is 0 Å². The third kappa shape index (κ3) is 3.39. The van der Waals surface area contributed by atoms with Crippen LogP contribution in [0.4, 0.5) is 0 Å². The Morgan fingerprint density at radius 1 is 1.53 bits per heavy atom. The first-order valence-electron chi connectivity index (χ1n) is 5.34. The minimum Gasteiger partial charge on any atom is -0.496 e. The molecule has 0 saturated carbocycles. The van der Waals surface area contributed by atoms with E-state index in [0.29, 0.717) is 0 Å². The third-order valence-corrected chi connectivity index (χ3v) is 4.79. The molecule has 1 saturated heterocycles. The molecule has 1 aromatic rings. The van der Waals surface area contributed by atoms with Crippen LogP contribution in [-0.2, 0) is 16.5 Å². The highest BCUT2D eigenvalue weighted by Crippen LogP contribution is 2.34. The van der Waals surface area contributed by atoms with Crippen molar-refractivity contribution in [2.24, 2.45) is 0 Å². The Bertz CT molecular complexity index is 391. The molecule has 6 heteroatoms. The van der Waals surface area contributed by atoms with Gasteiger partial charge >= 0.3 is 0 Å². The van der Waals surface area contributed by atoms with Gasteiger partial charge in [0, 0.05) is 18.7 Å². The molecule has 1 aromatic carbocycles. The second-order valence-electron chi connectivity index (χ2n) is 3.65. The molecule has 1 heterocycles. The fourth-order valence-corrected chi connectivity index (χ4v) is 3.90. The van der Waals surface area contributed by atoms with Crippen molar-refractivity contribution in [3.8, 4) is 5.75 Å². The van der Waals surface area contributed by atoms with Gasteiger partial charge in [0.2, 0.25) is 0 Å². The second kappa shape index (κ2) is 6.66. The molecular formula is C11H14NO2PS2. The van der Waals surface area contributed by atoms with Crippen molar-refractivity contribution in [3.63, 3.8) is 0 Å². The molecule has 0 bridgehead atoms. The van der Waals surface area contributed by atoms with Gasteiger partial charge in [-0.2, -0.15) is 0 Å². The van der Waals surface area contributed by atoms with E-state index >= 15 is 0 Å². The molecule has 1 fully saturated rings. The summed E-state index contributed by atoms with van der Waals surface area (Å²) < 4.78 is 13.4. The maximum absolute atomic E-state index is 5.81. The van der Waals surface area contributed by atoms with Gasteiger partial charge in [-0.1, -0.05) is 18.2 Å². The molecule has 1 unspecified atom stereocenters. The van der Waals surface area contributed by atoms with E-state index in [0.717, 1.165) is 37.6 Å². The number of para-hydroxylation sites is 1. The molecule has 2 rings (SSSR count). The zero-order chi connectivity index (χ0) is 12.1. The molecule has 0 amide bonds. The number of nitrogens with zero attached hydrogens (tertiary/aromatic N) is 1. The zero-order valence-electron chi connectivity index (χ0n) is 9.54. The van der Waals surface area contributed by atoms with Gasteiger partial charge in [0.25, 0.3) is 0 Å². The van der Waals surface area contributed by atoms with Crippen LogP contribution in [0.15, 0.2) is 24.3 Å². The average Bonchev–Trinajstić information content (AvgIpc) is 2.39. The van der Waals surface area contributed by atoms with Crippen LogP contribution >= 0.6 is 18.1 Å². The maximum Gasteiger partial charge on any atom is 0.124 e. The van der Waals surface area contributed by atoms with Crippen LogP contribution in [0.25, 0.3) is 0 Å². The lowest BCUT2D eigenvalue weighted by Gasteiger charge is -2.31. The third-order valence-electron chi connectivity index (χ3n) is 2.66. The van der Waals surface area contributed by atoms with Crippen molar-refractivity contribution in [2.45, 2.75) is 6.10 Å². The lowest BCUT2D eigenvalue weighted by molar-refractivity contribution is -0.000191. The molecule has 0 spiro atoms. The fourth-order valence-electron chi connectivity index (χ4n) is 1.87. The lowest BCUT2D eigenvalue weighted by Crippen LogP contribution is -2.33. The van der Waals surface area contributed by atoms with E-state index in [1.54, 1.807) is 18.7 Å². The molecule has 1 aliphatic rings. The number of ether oxygens (including phenoxy) is 2. The topological polar surface area (TPSA) is 21.7 Å². The quantitative estimate of drug-likeness (QED) is 0.625. The van der Waals surface area contributed by atoms with E-state index in [-0.39, 0.29) is 6.10 Å². The summed E-state index contributed by atoms with van der Waals surface area (Å²) in [5.74, 6) is 0.889. The van der Waals surface area contributed by atoms with Gasteiger partial charge in [-0.25, -0.2) is 4.31 Å². The number of rotatable bonds is 4. The van der Waals surface area contributed by atoms with Crippen molar-refractivity contribution in [3.05, 3.63) is 29.8 Å². The summed E-state index contributed by atoms with van der Waals surface area (Å²) in [6, 6.07) is 8.01. The van der Waals surface area contributed by atoms with Crippen LogP contribution in [-0.4, -0.2) is 31.1 Å². The Morgan fingerprint density at radius 3 is 3.12 bits per heavy atom. The van der Waals surface area contributed by atoms with E-state index < -0.39 is 0 Å². The Labute approximate surface area is 112 Å².